The minimum absolute atomic E-state index is 0.116. The maximum atomic E-state index is 13.2. The number of halogens is 2. The summed E-state index contributed by atoms with van der Waals surface area (Å²) in [7, 11) is 0. The summed E-state index contributed by atoms with van der Waals surface area (Å²) in [4.78, 5) is 0. The van der Waals surface area contributed by atoms with Crippen LogP contribution >= 0.6 is 0 Å². The molecule has 0 aliphatic rings. The third-order valence-electron chi connectivity index (χ3n) is 2.28. The smallest absolute Gasteiger partial charge is 0.270 e. The molecule has 0 bridgehead atoms. The molecular formula is C11H15F2NO. The Morgan fingerprint density at radius 1 is 1.47 bits per heavy atom. The molecule has 0 fully saturated rings. The van der Waals surface area contributed by atoms with Crippen molar-refractivity contribution in [1.82, 2.24) is 0 Å². The van der Waals surface area contributed by atoms with Gasteiger partial charge < -0.3 is 10.8 Å². The molecule has 0 aliphatic heterocycles. The van der Waals surface area contributed by atoms with E-state index < -0.39 is 12.0 Å². The van der Waals surface area contributed by atoms with Gasteiger partial charge in [0.1, 0.15) is 0 Å². The minimum Gasteiger partial charge on any atom is -0.394 e. The topological polar surface area (TPSA) is 46.2 Å². The third kappa shape index (κ3) is 2.73. The van der Waals surface area contributed by atoms with Crippen LogP contribution in [-0.4, -0.2) is 11.7 Å². The first-order valence-electron chi connectivity index (χ1n) is 4.71. The van der Waals surface area contributed by atoms with E-state index in [0.717, 1.165) is 12.5 Å². The number of nitrogens with two attached hydrogens (primary N) is 1. The van der Waals surface area contributed by atoms with Crippen LogP contribution < -0.4 is 5.73 Å². The van der Waals surface area contributed by atoms with Crippen molar-refractivity contribution in [2.45, 2.75) is 25.8 Å². The first kappa shape index (κ1) is 12.1. The predicted molar refractivity (Wildman–Crippen MR) is 54.8 cm³/mol. The quantitative estimate of drug-likeness (QED) is 0.811. The van der Waals surface area contributed by atoms with Crippen molar-refractivity contribution in [3.05, 3.63) is 34.9 Å². The Balaban J connectivity index is 3.27. The van der Waals surface area contributed by atoms with Gasteiger partial charge in [0.15, 0.2) is 0 Å². The van der Waals surface area contributed by atoms with Gasteiger partial charge in [0, 0.05) is 12.5 Å². The number of aryl methyl sites for hydroxylation is 1. The van der Waals surface area contributed by atoms with Crippen LogP contribution in [0.2, 0.25) is 0 Å². The molecule has 3 N–H and O–H groups in total. The van der Waals surface area contributed by atoms with Gasteiger partial charge in [0.2, 0.25) is 0 Å². The molecule has 84 valence electrons. The summed E-state index contributed by atoms with van der Waals surface area (Å²) in [6.07, 6.45) is 0. The number of hydrogen-bond acceptors (Lipinski definition) is 2. The second kappa shape index (κ2) is 4.24. The van der Waals surface area contributed by atoms with Gasteiger partial charge in [-0.15, -0.1) is 0 Å². The first-order valence-corrected chi connectivity index (χ1v) is 4.71. The van der Waals surface area contributed by atoms with E-state index >= 15 is 0 Å². The van der Waals surface area contributed by atoms with E-state index in [1.165, 1.54) is 6.07 Å². The SMILES string of the molecule is Cc1ccc(C(C)(F)F)c(C(N)CO)c1. The Labute approximate surface area is 87.7 Å². The van der Waals surface area contributed by atoms with Crippen molar-refractivity contribution in [1.29, 1.82) is 0 Å². The molecule has 1 aromatic carbocycles. The lowest BCUT2D eigenvalue weighted by atomic mass is 9.95. The predicted octanol–water partition coefficient (Wildman–Crippen LogP) is 2.10. The van der Waals surface area contributed by atoms with Gasteiger partial charge in [0.05, 0.1) is 12.6 Å². The van der Waals surface area contributed by atoms with Gasteiger partial charge in [-0.05, 0) is 12.5 Å². The summed E-state index contributed by atoms with van der Waals surface area (Å²) in [6.45, 7) is 2.28. The molecular weight excluding hydrogens is 200 g/mol. The maximum Gasteiger partial charge on any atom is 0.270 e. The number of alkyl halides is 2. The van der Waals surface area contributed by atoms with Gasteiger partial charge in [0.25, 0.3) is 5.92 Å². The fraction of sp³-hybridized carbons (Fsp3) is 0.455. The number of aliphatic hydroxyl groups excluding tert-OH is 1. The highest BCUT2D eigenvalue weighted by atomic mass is 19.3. The zero-order chi connectivity index (χ0) is 11.6. The van der Waals surface area contributed by atoms with Gasteiger partial charge in [-0.1, -0.05) is 23.8 Å². The highest BCUT2D eigenvalue weighted by Crippen LogP contribution is 2.32. The first-order chi connectivity index (χ1) is 6.86. The van der Waals surface area contributed by atoms with Crippen LogP contribution in [-0.2, 0) is 5.92 Å². The summed E-state index contributed by atoms with van der Waals surface area (Å²) >= 11 is 0. The van der Waals surface area contributed by atoms with Crippen LogP contribution in [0.1, 0.15) is 29.7 Å². The molecule has 0 heterocycles. The van der Waals surface area contributed by atoms with E-state index in [9.17, 15) is 8.78 Å². The Morgan fingerprint density at radius 3 is 2.53 bits per heavy atom. The Kier molecular flexibility index (Phi) is 3.42. The fourth-order valence-corrected chi connectivity index (χ4v) is 1.49. The number of rotatable bonds is 3. The van der Waals surface area contributed by atoms with Crippen molar-refractivity contribution in [2.75, 3.05) is 6.61 Å². The second-order valence-electron chi connectivity index (χ2n) is 3.77. The molecule has 1 unspecified atom stereocenters. The number of aliphatic hydroxyl groups is 1. The summed E-state index contributed by atoms with van der Waals surface area (Å²) in [5, 5.41) is 8.90. The lowest BCUT2D eigenvalue weighted by Crippen LogP contribution is -2.20. The molecule has 15 heavy (non-hydrogen) atoms. The summed E-state index contributed by atoms with van der Waals surface area (Å²) in [6, 6.07) is 3.81. The molecule has 1 atom stereocenters. The molecule has 0 saturated heterocycles. The van der Waals surface area contributed by atoms with E-state index in [1.807, 2.05) is 0 Å². The monoisotopic (exact) mass is 215 g/mol. The average Bonchev–Trinajstić information content (AvgIpc) is 2.14. The van der Waals surface area contributed by atoms with Crippen LogP contribution in [0.25, 0.3) is 0 Å². The molecule has 0 amide bonds. The summed E-state index contributed by atoms with van der Waals surface area (Å²) < 4.78 is 26.4. The van der Waals surface area contributed by atoms with Gasteiger partial charge in [-0.2, -0.15) is 0 Å². The van der Waals surface area contributed by atoms with Gasteiger partial charge in [-0.25, -0.2) is 8.78 Å². The zero-order valence-corrected chi connectivity index (χ0v) is 8.80. The Hall–Kier alpha value is -1.00. The lowest BCUT2D eigenvalue weighted by molar-refractivity contribution is 0.0159. The van der Waals surface area contributed by atoms with Crippen LogP contribution in [0.3, 0.4) is 0 Å². The second-order valence-corrected chi connectivity index (χ2v) is 3.77. The van der Waals surface area contributed by atoms with Crippen molar-refractivity contribution in [3.63, 3.8) is 0 Å². The largest absolute Gasteiger partial charge is 0.394 e. The van der Waals surface area contributed by atoms with E-state index in [-0.39, 0.29) is 12.2 Å². The molecule has 0 saturated carbocycles. The lowest BCUT2D eigenvalue weighted by Gasteiger charge is -2.19. The Morgan fingerprint density at radius 2 is 2.07 bits per heavy atom. The molecule has 2 nitrogen and oxygen atoms in total. The Bertz CT molecular complexity index is 347. The average molecular weight is 215 g/mol. The van der Waals surface area contributed by atoms with E-state index in [4.69, 9.17) is 10.8 Å². The molecule has 0 spiro atoms. The zero-order valence-electron chi connectivity index (χ0n) is 8.80. The highest BCUT2D eigenvalue weighted by Gasteiger charge is 2.28. The molecule has 4 heteroatoms. The van der Waals surface area contributed by atoms with E-state index in [0.29, 0.717) is 5.56 Å². The number of benzene rings is 1. The maximum absolute atomic E-state index is 13.2. The van der Waals surface area contributed by atoms with Gasteiger partial charge >= 0.3 is 0 Å². The van der Waals surface area contributed by atoms with Crippen LogP contribution in [0.15, 0.2) is 18.2 Å². The van der Waals surface area contributed by atoms with Crippen molar-refractivity contribution >= 4 is 0 Å². The van der Waals surface area contributed by atoms with Crippen molar-refractivity contribution < 1.29 is 13.9 Å². The highest BCUT2D eigenvalue weighted by molar-refractivity contribution is 5.36. The molecule has 1 aromatic rings. The fourth-order valence-electron chi connectivity index (χ4n) is 1.49. The van der Waals surface area contributed by atoms with Crippen LogP contribution in [0, 0.1) is 6.92 Å². The van der Waals surface area contributed by atoms with Crippen LogP contribution in [0.5, 0.6) is 0 Å². The minimum atomic E-state index is -2.93. The summed E-state index contributed by atoms with van der Waals surface area (Å²) in [5.74, 6) is -2.93. The third-order valence-corrected chi connectivity index (χ3v) is 2.28. The molecule has 0 aromatic heterocycles. The van der Waals surface area contributed by atoms with Gasteiger partial charge in [-0.3, -0.25) is 0 Å². The van der Waals surface area contributed by atoms with Crippen molar-refractivity contribution in [2.24, 2.45) is 5.73 Å². The molecule has 0 aliphatic carbocycles. The number of hydrogen-bond donors (Lipinski definition) is 2. The standard InChI is InChI=1S/C11H15F2NO/c1-7-3-4-9(11(2,12)13)8(5-7)10(14)6-15/h3-5,10,15H,6,14H2,1-2H3. The van der Waals surface area contributed by atoms with Crippen molar-refractivity contribution in [3.8, 4) is 0 Å². The molecule has 1 rings (SSSR count). The van der Waals surface area contributed by atoms with E-state index in [2.05, 4.69) is 0 Å². The molecule has 0 radical (unpaired) electrons. The van der Waals surface area contributed by atoms with E-state index in [1.54, 1.807) is 19.1 Å². The van der Waals surface area contributed by atoms with Crippen LogP contribution in [0.4, 0.5) is 8.78 Å². The normalized spacial score (nSPS) is 14.0. The summed E-state index contributed by atoms with van der Waals surface area (Å²) in [5.41, 5.74) is 6.62.